The molecule has 1 aromatic carbocycles. The lowest BCUT2D eigenvalue weighted by Gasteiger charge is -2.26. The fraction of sp³-hybridized carbons (Fsp3) is 0.412. The second kappa shape index (κ2) is 7.07. The van der Waals surface area contributed by atoms with Crippen LogP contribution in [0, 0.1) is 12.8 Å². The highest BCUT2D eigenvalue weighted by atomic mass is 16.4. The van der Waals surface area contributed by atoms with Crippen molar-refractivity contribution >= 4 is 18.0 Å². The van der Waals surface area contributed by atoms with E-state index in [4.69, 9.17) is 5.11 Å². The highest BCUT2D eigenvalue weighted by Gasteiger charge is 2.27. The zero-order valence-corrected chi connectivity index (χ0v) is 12.2. The summed E-state index contributed by atoms with van der Waals surface area (Å²) in [6, 6.07) is 7.87. The Balaban J connectivity index is 1.88. The molecule has 0 radical (unpaired) electrons. The summed E-state index contributed by atoms with van der Waals surface area (Å²) in [6.45, 7) is 2.01. The fourth-order valence-corrected chi connectivity index (χ4v) is 2.74. The number of carbonyl (C=O) groups excluding carboxylic acids is 1. The van der Waals surface area contributed by atoms with E-state index in [2.05, 4.69) is 5.32 Å². The van der Waals surface area contributed by atoms with Crippen molar-refractivity contribution in [2.24, 2.45) is 5.92 Å². The molecular formula is C17H21NO3. The van der Waals surface area contributed by atoms with Crippen LogP contribution in [0.1, 0.15) is 36.8 Å². The first-order chi connectivity index (χ1) is 10.0. The first-order valence-corrected chi connectivity index (χ1v) is 7.32. The average molecular weight is 287 g/mol. The van der Waals surface area contributed by atoms with Gasteiger partial charge in [-0.3, -0.25) is 9.59 Å². The van der Waals surface area contributed by atoms with E-state index in [0.29, 0.717) is 12.8 Å². The van der Waals surface area contributed by atoms with Gasteiger partial charge in [-0.05, 0) is 37.8 Å². The molecule has 2 rings (SSSR count). The van der Waals surface area contributed by atoms with Gasteiger partial charge in [0.2, 0.25) is 5.91 Å². The smallest absolute Gasteiger partial charge is 0.306 e. The summed E-state index contributed by atoms with van der Waals surface area (Å²) >= 11 is 0. The number of rotatable bonds is 4. The van der Waals surface area contributed by atoms with Crippen LogP contribution in [0.2, 0.25) is 0 Å². The zero-order valence-electron chi connectivity index (χ0n) is 12.2. The van der Waals surface area contributed by atoms with E-state index < -0.39 is 5.97 Å². The maximum Gasteiger partial charge on any atom is 0.306 e. The van der Waals surface area contributed by atoms with E-state index in [0.717, 1.165) is 24.0 Å². The summed E-state index contributed by atoms with van der Waals surface area (Å²) in [5.41, 5.74) is 2.13. The Morgan fingerprint density at radius 3 is 2.86 bits per heavy atom. The van der Waals surface area contributed by atoms with Gasteiger partial charge in [-0.2, -0.15) is 0 Å². The van der Waals surface area contributed by atoms with Crippen LogP contribution >= 0.6 is 0 Å². The van der Waals surface area contributed by atoms with Crippen molar-refractivity contribution in [3.05, 3.63) is 41.5 Å². The molecule has 1 aromatic rings. The summed E-state index contributed by atoms with van der Waals surface area (Å²) < 4.78 is 0. The van der Waals surface area contributed by atoms with E-state index in [1.165, 1.54) is 6.08 Å². The van der Waals surface area contributed by atoms with Crippen molar-refractivity contribution in [2.45, 2.75) is 38.6 Å². The first-order valence-electron chi connectivity index (χ1n) is 7.32. The number of hydrogen-bond acceptors (Lipinski definition) is 2. The van der Waals surface area contributed by atoms with Crippen LogP contribution in [0.5, 0.6) is 0 Å². The number of nitrogens with one attached hydrogen (secondary N) is 1. The minimum atomic E-state index is -0.760. The largest absolute Gasteiger partial charge is 0.481 e. The molecular weight excluding hydrogens is 266 g/mol. The van der Waals surface area contributed by atoms with Crippen molar-refractivity contribution in [1.29, 1.82) is 0 Å². The molecule has 1 amide bonds. The minimum Gasteiger partial charge on any atom is -0.481 e. The molecule has 0 saturated heterocycles. The molecule has 1 fully saturated rings. The SMILES string of the molecule is Cc1cccc(C=CC(=O)NC2CCCC(C(=O)O)C2)c1. The Labute approximate surface area is 124 Å². The van der Waals surface area contributed by atoms with Gasteiger partial charge in [-0.15, -0.1) is 0 Å². The second-order valence-electron chi connectivity index (χ2n) is 5.65. The van der Waals surface area contributed by atoms with Crippen molar-refractivity contribution in [3.63, 3.8) is 0 Å². The van der Waals surface area contributed by atoms with E-state index in [1.807, 2.05) is 31.2 Å². The van der Waals surface area contributed by atoms with E-state index >= 15 is 0 Å². The molecule has 1 aliphatic rings. The first kappa shape index (κ1) is 15.3. The van der Waals surface area contributed by atoms with Crippen LogP contribution in [-0.2, 0) is 9.59 Å². The van der Waals surface area contributed by atoms with Crippen LogP contribution in [0.3, 0.4) is 0 Å². The number of amides is 1. The number of carboxylic acids is 1. The van der Waals surface area contributed by atoms with Crippen LogP contribution in [0.25, 0.3) is 6.08 Å². The molecule has 1 aliphatic carbocycles. The average Bonchev–Trinajstić information content (AvgIpc) is 2.45. The van der Waals surface area contributed by atoms with Gasteiger partial charge >= 0.3 is 5.97 Å². The normalized spacial score (nSPS) is 22.1. The van der Waals surface area contributed by atoms with Crippen molar-refractivity contribution in [1.82, 2.24) is 5.32 Å². The molecule has 0 aliphatic heterocycles. The third-order valence-corrected chi connectivity index (χ3v) is 3.84. The Kier molecular flexibility index (Phi) is 5.14. The highest BCUT2D eigenvalue weighted by molar-refractivity contribution is 5.92. The standard InChI is InChI=1S/C17H21NO3/c1-12-4-2-5-13(10-12)8-9-16(19)18-15-7-3-6-14(11-15)17(20)21/h2,4-5,8-10,14-15H,3,6-7,11H2,1H3,(H,18,19)(H,20,21). The number of aliphatic carboxylic acids is 1. The van der Waals surface area contributed by atoms with Gasteiger partial charge < -0.3 is 10.4 Å². The lowest BCUT2D eigenvalue weighted by atomic mass is 9.86. The molecule has 2 atom stereocenters. The predicted molar refractivity (Wildman–Crippen MR) is 81.7 cm³/mol. The van der Waals surface area contributed by atoms with E-state index in [1.54, 1.807) is 6.08 Å². The molecule has 2 N–H and O–H groups in total. The molecule has 112 valence electrons. The zero-order chi connectivity index (χ0) is 15.2. The molecule has 1 saturated carbocycles. The molecule has 4 heteroatoms. The molecule has 21 heavy (non-hydrogen) atoms. The Hall–Kier alpha value is -2.10. The number of carbonyl (C=O) groups is 2. The maximum atomic E-state index is 11.9. The van der Waals surface area contributed by atoms with Crippen LogP contribution in [-0.4, -0.2) is 23.0 Å². The Morgan fingerprint density at radius 2 is 2.14 bits per heavy atom. The van der Waals surface area contributed by atoms with Gasteiger partial charge in [0.25, 0.3) is 0 Å². The summed E-state index contributed by atoms with van der Waals surface area (Å²) in [6.07, 6.45) is 6.23. The predicted octanol–water partition coefficient (Wildman–Crippen LogP) is 2.77. The lowest BCUT2D eigenvalue weighted by Crippen LogP contribution is -2.39. The molecule has 0 heterocycles. The molecule has 4 nitrogen and oxygen atoms in total. The Bertz CT molecular complexity index is 551. The topological polar surface area (TPSA) is 66.4 Å². The summed E-state index contributed by atoms with van der Waals surface area (Å²) in [4.78, 5) is 22.9. The highest BCUT2D eigenvalue weighted by Crippen LogP contribution is 2.24. The third kappa shape index (κ3) is 4.74. The second-order valence-corrected chi connectivity index (χ2v) is 5.65. The van der Waals surface area contributed by atoms with Gasteiger partial charge in [0, 0.05) is 12.1 Å². The quantitative estimate of drug-likeness (QED) is 0.837. The number of carboxylic acid groups (broad SMARTS) is 1. The summed E-state index contributed by atoms with van der Waals surface area (Å²) in [7, 11) is 0. The Morgan fingerprint density at radius 1 is 1.33 bits per heavy atom. The van der Waals surface area contributed by atoms with Gasteiger partial charge in [0.05, 0.1) is 5.92 Å². The fourth-order valence-electron chi connectivity index (χ4n) is 2.74. The van der Waals surface area contributed by atoms with Crippen LogP contribution < -0.4 is 5.32 Å². The number of hydrogen-bond donors (Lipinski definition) is 2. The van der Waals surface area contributed by atoms with Crippen molar-refractivity contribution in [2.75, 3.05) is 0 Å². The van der Waals surface area contributed by atoms with Crippen LogP contribution in [0.15, 0.2) is 30.3 Å². The minimum absolute atomic E-state index is 0.0329. The van der Waals surface area contributed by atoms with Gasteiger partial charge in [0.1, 0.15) is 0 Å². The van der Waals surface area contributed by atoms with Gasteiger partial charge in [-0.1, -0.05) is 36.2 Å². The maximum absolute atomic E-state index is 11.9. The monoisotopic (exact) mass is 287 g/mol. The molecule has 0 bridgehead atoms. The lowest BCUT2D eigenvalue weighted by molar-refractivity contribution is -0.143. The van der Waals surface area contributed by atoms with E-state index in [-0.39, 0.29) is 17.9 Å². The number of benzene rings is 1. The molecule has 2 unspecified atom stereocenters. The summed E-state index contributed by atoms with van der Waals surface area (Å²) in [5, 5.41) is 11.9. The third-order valence-electron chi connectivity index (χ3n) is 3.84. The summed E-state index contributed by atoms with van der Waals surface area (Å²) in [5.74, 6) is -1.25. The van der Waals surface area contributed by atoms with Crippen molar-refractivity contribution < 1.29 is 14.7 Å². The van der Waals surface area contributed by atoms with Gasteiger partial charge in [-0.25, -0.2) is 0 Å². The molecule has 0 aromatic heterocycles. The van der Waals surface area contributed by atoms with Crippen molar-refractivity contribution in [3.8, 4) is 0 Å². The number of aryl methyl sites for hydroxylation is 1. The van der Waals surface area contributed by atoms with E-state index in [9.17, 15) is 9.59 Å². The van der Waals surface area contributed by atoms with Gasteiger partial charge in [0.15, 0.2) is 0 Å². The molecule has 0 spiro atoms. The van der Waals surface area contributed by atoms with Crippen LogP contribution in [0.4, 0.5) is 0 Å².